The standard InChI is InChI=1S/C16H17N3O6S/c1-10-4-5-11(8-14(10)19(21)22)16(20)17-12-6-7-13(15(9-12)25-2)18-26(3,23)24/h4-9,18H,1-3H3,(H,17,20). The number of anilines is 2. The van der Waals surface area contributed by atoms with E-state index in [1.165, 1.54) is 43.5 Å². The van der Waals surface area contributed by atoms with Crippen molar-refractivity contribution >= 4 is 33.0 Å². The molecule has 1 amide bonds. The van der Waals surface area contributed by atoms with Crippen molar-refractivity contribution in [1.82, 2.24) is 0 Å². The van der Waals surface area contributed by atoms with Crippen molar-refractivity contribution in [2.75, 3.05) is 23.4 Å². The molecule has 2 rings (SSSR count). The number of sulfonamides is 1. The van der Waals surface area contributed by atoms with Crippen LogP contribution < -0.4 is 14.8 Å². The summed E-state index contributed by atoms with van der Waals surface area (Å²) >= 11 is 0. The minimum atomic E-state index is -3.49. The molecule has 0 unspecified atom stereocenters. The minimum absolute atomic E-state index is 0.125. The highest BCUT2D eigenvalue weighted by Gasteiger charge is 2.16. The van der Waals surface area contributed by atoms with Crippen molar-refractivity contribution in [2.45, 2.75) is 6.92 Å². The summed E-state index contributed by atoms with van der Waals surface area (Å²) in [5, 5.41) is 13.6. The predicted molar refractivity (Wildman–Crippen MR) is 97.2 cm³/mol. The number of nitrogens with one attached hydrogen (secondary N) is 2. The third-order valence-electron chi connectivity index (χ3n) is 3.42. The lowest BCUT2D eigenvalue weighted by Gasteiger charge is -2.12. The molecule has 2 aromatic carbocycles. The van der Waals surface area contributed by atoms with E-state index < -0.39 is 20.9 Å². The molecule has 26 heavy (non-hydrogen) atoms. The highest BCUT2D eigenvalue weighted by molar-refractivity contribution is 7.92. The average Bonchev–Trinajstić information content (AvgIpc) is 2.55. The van der Waals surface area contributed by atoms with E-state index in [1.54, 1.807) is 6.92 Å². The first kappa shape index (κ1) is 19.2. The molecule has 0 spiro atoms. The maximum Gasteiger partial charge on any atom is 0.273 e. The van der Waals surface area contributed by atoms with Crippen molar-refractivity contribution in [1.29, 1.82) is 0 Å². The van der Waals surface area contributed by atoms with Crippen LogP contribution >= 0.6 is 0 Å². The number of hydrogen-bond acceptors (Lipinski definition) is 6. The molecule has 0 radical (unpaired) electrons. The highest BCUT2D eigenvalue weighted by Crippen LogP contribution is 2.29. The van der Waals surface area contributed by atoms with Gasteiger partial charge < -0.3 is 10.1 Å². The molecule has 2 aromatic rings. The molecular formula is C16H17N3O6S. The second kappa shape index (κ2) is 7.40. The number of nitro benzene ring substituents is 1. The Balaban J connectivity index is 2.27. The highest BCUT2D eigenvalue weighted by atomic mass is 32.2. The van der Waals surface area contributed by atoms with Crippen LogP contribution in [-0.2, 0) is 10.0 Å². The number of nitro groups is 1. The van der Waals surface area contributed by atoms with Crippen molar-refractivity contribution < 1.29 is 22.9 Å². The number of nitrogens with zero attached hydrogens (tertiary/aromatic N) is 1. The van der Waals surface area contributed by atoms with Gasteiger partial charge in [-0.3, -0.25) is 19.6 Å². The monoisotopic (exact) mass is 379 g/mol. The Morgan fingerprint density at radius 3 is 2.46 bits per heavy atom. The number of hydrogen-bond donors (Lipinski definition) is 2. The summed E-state index contributed by atoms with van der Waals surface area (Å²) < 4.78 is 30.1. The normalized spacial score (nSPS) is 10.9. The van der Waals surface area contributed by atoms with E-state index in [-0.39, 0.29) is 22.7 Å². The number of methoxy groups -OCH3 is 1. The van der Waals surface area contributed by atoms with E-state index in [9.17, 15) is 23.3 Å². The molecule has 0 heterocycles. The Kier molecular flexibility index (Phi) is 5.46. The maximum atomic E-state index is 12.3. The summed E-state index contributed by atoms with van der Waals surface area (Å²) in [6.07, 6.45) is 1.01. The van der Waals surface area contributed by atoms with Crippen LogP contribution in [0.3, 0.4) is 0 Å². The number of carbonyl (C=O) groups excluding carboxylic acids is 1. The lowest BCUT2D eigenvalue weighted by Crippen LogP contribution is -2.13. The van der Waals surface area contributed by atoms with Gasteiger partial charge in [-0.15, -0.1) is 0 Å². The molecule has 0 aliphatic rings. The fraction of sp³-hybridized carbons (Fsp3) is 0.188. The Bertz CT molecular complexity index is 972. The SMILES string of the molecule is COc1cc(NC(=O)c2ccc(C)c([N+](=O)[O-])c2)ccc1NS(C)(=O)=O. The van der Waals surface area contributed by atoms with Gasteiger partial charge in [0.15, 0.2) is 0 Å². The predicted octanol–water partition coefficient (Wildman–Crippen LogP) is 2.54. The lowest BCUT2D eigenvalue weighted by atomic mass is 10.1. The van der Waals surface area contributed by atoms with Crippen molar-refractivity contribution in [3.05, 3.63) is 57.6 Å². The first-order chi connectivity index (χ1) is 12.1. The van der Waals surface area contributed by atoms with Gasteiger partial charge in [-0.25, -0.2) is 8.42 Å². The molecule has 9 nitrogen and oxygen atoms in total. The molecule has 0 atom stereocenters. The van der Waals surface area contributed by atoms with Crippen LogP contribution in [0.15, 0.2) is 36.4 Å². The molecule has 0 aliphatic carbocycles. The molecule has 0 aliphatic heterocycles. The lowest BCUT2D eigenvalue weighted by molar-refractivity contribution is -0.385. The molecule has 0 fully saturated rings. The Hall–Kier alpha value is -3.14. The second-order valence-corrected chi connectivity index (χ2v) is 7.25. The minimum Gasteiger partial charge on any atom is -0.494 e. The van der Waals surface area contributed by atoms with Gasteiger partial charge in [0, 0.05) is 28.9 Å². The quantitative estimate of drug-likeness (QED) is 0.586. The Morgan fingerprint density at radius 2 is 1.88 bits per heavy atom. The van der Waals surface area contributed by atoms with Crippen LogP contribution in [0.1, 0.15) is 15.9 Å². The number of carbonyl (C=O) groups is 1. The molecule has 0 aromatic heterocycles. The van der Waals surface area contributed by atoms with Crippen molar-refractivity contribution in [3.63, 3.8) is 0 Å². The summed E-state index contributed by atoms with van der Waals surface area (Å²) in [4.78, 5) is 22.8. The van der Waals surface area contributed by atoms with E-state index in [0.717, 1.165) is 6.26 Å². The van der Waals surface area contributed by atoms with Crippen LogP contribution in [-0.4, -0.2) is 32.6 Å². The largest absolute Gasteiger partial charge is 0.494 e. The van der Waals surface area contributed by atoms with Gasteiger partial charge >= 0.3 is 0 Å². The molecule has 138 valence electrons. The van der Waals surface area contributed by atoms with Gasteiger partial charge in [-0.05, 0) is 25.1 Å². The van der Waals surface area contributed by atoms with Gasteiger partial charge in [0.2, 0.25) is 10.0 Å². The molecular weight excluding hydrogens is 362 g/mol. The maximum absolute atomic E-state index is 12.3. The van der Waals surface area contributed by atoms with Crippen molar-refractivity contribution in [3.8, 4) is 5.75 Å². The smallest absolute Gasteiger partial charge is 0.273 e. The fourth-order valence-corrected chi connectivity index (χ4v) is 2.77. The van der Waals surface area contributed by atoms with E-state index in [4.69, 9.17) is 4.74 Å². The van der Waals surface area contributed by atoms with E-state index in [2.05, 4.69) is 10.0 Å². The first-order valence-corrected chi connectivity index (χ1v) is 9.22. The Labute approximate surface area is 150 Å². The zero-order valence-corrected chi connectivity index (χ0v) is 15.1. The number of ether oxygens (including phenoxy) is 1. The average molecular weight is 379 g/mol. The van der Waals surface area contributed by atoms with Crippen LogP contribution in [0, 0.1) is 17.0 Å². The zero-order valence-electron chi connectivity index (χ0n) is 14.3. The summed E-state index contributed by atoms with van der Waals surface area (Å²) in [5.41, 5.74) is 0.986. The molecule has 0 saturated heterocycles. The fourth-order valence-electron chi connectivity index (χ4n) is 2.20. The number of amides is 1. The van der Waals surface area contributed by atoms with Crippen LogP contribution in [0.5, 0.6) is 5.75 Å². The zero-order chi connectivity index (χ0) is 19.5. The summed E-state index contributed by atoms with van der Waals surface area (Å²) in [7, 11) is -2.13. The van der Waals surface area contributed by atoms with Gasteiger partial charge in [-0.2, -0.15) is 0 Å². The second-order valence-electron chi connectivity index (χ2n) is 5.50. The summed E-state index contributed by atoms with van der Waals surface area (Å²) in [5.74, 6) is -0.331. The first-order valence-electron chi connectivity index (χ1n) is 7.33. The molecule has 0 bridgehead atoms. The van der Waals surface area contributed by atoms with Gasteiger partial charge in [0.25, 0.3) is 11.6 Å². The van der Waals surface area contributed by atoms with Crippen LogP contribution in [0.25, 0.3) is 0 Å². The number of benzene rings is 2. The van der Waals surface area contributed by atoms with Crippen molar-refractivity contribution in [2.24, 2.45) is 0 Å². The van der Waals surface area contributed by atoms with Gasteiger partial charge in [0.05, 0.1) is 24.0 Å². The van der Waals surface area contributed by atoms with Gasteiger partial charge in [-0.1, -0.05) is 6.07 Å². The number of aryl methyl sites for hydroxylation is 1. The van der Waals surface area contributed by atoms with Crippen LogP contribution in [0.4, 0.5) is 17.1 Å². The third-order valence-corrected chi connectivity index (χ3v) is 4.01. The topological polar surface area (TPSA) is 128 Å². The molecule has 2 N–H and O–H groups in total. The van der Waals surface area contributed by atoms with E-state index in [0.29, 0.717) is 11.3 Å². The molecule has 0 saturated carbocycles. The molecule has 10 heteroatoms. The number of rotatable bonds is 6. The Morgan fingerprint density at radius 1 is 1.19 bits per heavy atom. The summed E-state index contributed by atoms with van der Waals surface area (Å²) in [6.45, 7) is 1.58. The van der Waals surface area contributed by atoms with Gasteiger partial charge in [0.1, 0.15) is 5.75 Å². The van der Waals surface area contributed by atoms with Crippen LogP contribution in [0.2, 0.25) is 0 Å². The summed E-state index contributed by atoms with van der Waals surface area (Å²) in [6, 6.07) is 8.53. The van der Waals surface area contributed by atoms with E-state index in [1.807, 2.05) is 0 Å². The van der Waals surface area contributed by atoms with E-state index >= 15 is 0 Å². The third kappa shape index (κ3) is 4.70.